The quantitative estimate of drug-likeness (QED) is 0.551. The minimum Gasteiger partial charge on any atom is -0.365 e. The van der Waals surface area contributed by atoms with E-state index in [-0.39, 0.29) is 12.2 Å². The molecule has 2 atom stereocenters. The number of rotatable bonds is 3. The second-order valence-electron chi connectivity index (χ2n) is 5.07. The lowest BCUT2D eigenvalue weighted by Gasteiger charge is -2.22. The molecule has 2 aromatic rings. The second kappa shape index (κ2) is 5.25. The molecule has 0 N–H and O–H groups in total. The van der Waals surface area contributed by atoms with E-state index >= 15 is 0 Å². The van der Waals surface area contributed by atoms with Crippen molar-refractivity contribution in [3.63, 3.8) is 0 Å². The van der Waals surface area contributed by atoms with Gasteiger partial charge in [0.1, 0.15) is 6.10 Å². The maximum atomic E-state index is 6.32. The molecule has 1 aliphatic rings. The summed E-state index contributed by atoms with van der Waals surface area (Å²) in [6.45, 7) is 4.35. The normalized spacial score (nSPS) is 16.8. The minimum absolute atomic E-state index is 0.0830. The Kier molecular flexibility index (Phi) is 3.63. The minimum atomic E-state index is 0.0830. The predicted octanol–water partition coefficient (Wildman–Crippen LogP) is 4.99. The molecule has 1 unspecified atom stereocenters. The van der Waals surface area contributed by atoms with Crippen molar-refractivity contribution in [3.05, 3.63) is 59.7 Å². The van der Waals surface area contributed by atoms with Gasteiger partial charge in [0.15, 0.2) is 0 Å². The molecule has 2 aromatic carbocycles. The monoisotopic (exact) mass is 364 g/mol. The fourth-order valence-electron chi connectivity index (χ4n) is 2.58. The highest BCUT2D eigenvalue weighted by Gasteiger charge is 2.30. The van der Waals surface area contributed by atoms with Crippen molar-refractivity contribution in [1.82, 2.24) is 0 Å². The van der Waals surface area contributed by atoms with Crippen LogP contribution in [0.4, 0.5) is 0 Å². The first kappa shape index (κ1) is 13.1. The Balaban J connectivity index is 2.05. The number of fused-ring (bicyclic) bond motifs is 3. The Morgan fingerprint density at radius 2 is 1.37 bits per heavy atom. The topological polar surface area (TPSA) is 9.23 Å². The van der Waals surface area contributed by atoms with Gasteiger partial charge in [-0.05, 0) is 29.2 Å². The summed E-state index contributed by atoms with van der Waals surface area (Å²) in [5.74, 6) is 0. The molecule has 0 fully saturated rings. The van der Waals surface area contributed by atoms with Crippen LogP contribution in [0.1, 0.15) is 31.1 Å². The van der Waals surface area contributed by atoms with Crippen LogP contribution in [0, 0.1) is 0 Å². The number of ether oxygens (including phenoxy) is 1. The van der Waals surface area contributed by atoms with Gasteiger partial charge in [0, 0.05) is 3.92 Å². The largest absolute Gasteiger partial charge is 0.365 e. The Morgan fingerprint density at radius 3 is 1.84 bits per heavy atom. The first-order chi connectivity index (χ1) is 9.18. The van der Waals surface area contributed by atoms with Crippen LogP contribution < -0.4 is 0 Å². The van der Waals surface area contributed by atoms with Gasteiger partial charge in [-0.2, -0.15) is 0 Å². The summed E-state index contributed by atoms with van der Waals surface area (Å²) in [7, 11) is 0. The first-order valence-electron chi connectivity index (χ1n) is 6.66. The SMILES string of the molecule is CC(OC1c2ccccc2-c2ccccc21)[C@H](C)I. The maximum absolute atomic E-state index is 6.32. The van der Waals surface area contributed by atoms with Crippen LogP contribution in [0.2, 0.25) is 0 Å². The third kappa shape index (κ3) is 2.32. The van der Waals surface area contributed by atoms with Crippen LogP contribution in [0.3, 0.4) is 0 Å². The van der Waals surface area contributed by atoms with E-state index in [2.05, 4.69) is 85.0 Å². The van der Waals surface area contributed by atoms with Gasteiger partial charge < -0.3 is 4.74 Å². The average Bonchev–Trinajstić information content (AvgIpc) is 2.74. The van der Waals surface area contributed by atoms with E-state index in [1.165, 1.54) is 22.3 Å². The van der Waals surface area contributed by atoms with E-state index in [0.717, 1.165) is 0 Å². The standard InChI is InChI=1S/C17H17IO/c1-11(18)12(2)19-17-15-9-5-3-7-13(15)14-8-4-6-10-16(14)17/h3-12,17H,1-2H3/t11-,12?/m0/s1. The number of hydrogen-bond donors (Lipinski definition) is 0. The van der Waals surface area contributed by atoms with Crippen molar-refractivity contribution < 1.29 is 4.74 Å². The molecule has 0 saturated heterocycles. The molecule has 2 heteroatoms. The molecule has 0 aliphatic heterocycles. The Labute approximate surface area is 128 Å². The summed E-state index contributed by atoms with van der Waals surface area (Å²) >= 11 is 2.43. The summed E-state index contributed by atoms with van der Waals surface area (Å²) in [4.78, 5) is 0. The zero-order chi connectivity index (χ0) is 13.4. The highest BCUT2D eigenvalue weighted by molar-refractivity contribution is 14.1. The lowest BCUT2D eigenvalue weighted by Crippen LogP contribution is -2.20. The lowest BCUT2D eigenvalue weighted by atomic mass is 10.1. The van der Waals surface area contributed by atoms with Crippen LogP contribution in [-0.4, -0.2) is 10.0 Å². The van der Waals surface area contributed by atoms with Crippen LogP contribution in [0.15, 0.2) is 48.5 Å². The number of hydrogen-bond acceptors (Lipinski definition) is 1. The molecule has 0 aromatic heterocycles. The summed E-state index contributed by atoms with van der Waals surface area (Å²) < 4.78 is 6.82. The molecule has 3 rings (SSSR count). The van der Waals surface area contributed by atoms with E-state index in [1.807, 2.05) is 0 Å². The Hall–Kier alpha value is -0.870. The summed E-state index contributed by atoms with van der Waals surface area (Å²) in [6, 6.07) is 17.1. The van der Waals surface area contributed by atoms with Crippen molar-refractivity contribution in [2.24, 2.45) is 0 Å². The molecule has 19 heavy (non-hydrogen) atoms. The highest BCUT2D eigenvalue weighted by atomic mass is 127. The van der Waals surface area contributed by atoms with Gasteiger partial charge in [-0.25, -0.2) is 0 Å². The number of benzene rings is 2. The average molecular weight is 364 g/mol. The highest BCUT2D eigenvalue weighted by Crippen LogP contribution is 2.45. The van der Waals surface area contributed by atoms with Gasteiger partial charge in [0.2, 0.25) is 0 Å². The molecular formula is C17H17IO. The molecule has 0 heterocycles. The van der Waals surface area contributed by atoms with E-state index in [4.69, 9.17) is 4.74 Å². The van der Waals surface area contributed by atoms with Crippen molar-refractivity contribution in [2.75, 3.05) is 0 Å². The fourth-order valence-corrected chi connectivity index (χ4v) is 2.75. The third-order valence-corrected chi connectivity index (χ3v) is 4.79. The van der Waals surface area contributed by atoms with E-state index < -0.39 is 0 Å². The van der Waals surface area contributed by atoms with Crippen molar-refractivity contribution in [3.8, 4) is 11.1 Å². The van der Waals surface area contributed by atoms with Crippen molar-refractivity contribution in [1.29, 1.82) is 0 Å². The molecule has 0 amide bonds. The Morgan fingerprint density at radius 1 is 0.895 bits per heavy atom. The van der Waals surface area contributed by atoms with E-state index in [9.17, 15) is 0 Å². The smallest absolute Gasteiger partial charge is 0.109 e. The van der Waals surface area contributed by atoms with Gasteiger partial charge in [0.05, 0.1) is 6.10 Å². The van der Waals surface area contributed by atoms with Gasteiger partial charge in [0.25, 0.3) is 0 Å². The summed E-state index contributed by atoms with van der Waals surface area (Å²) in [6.07, 6.45) is 0.324. The van der Waals surface area contributed by atoms with E-state index in [1.54, 1.807) is 0 Å². The van der Waals surface area contributed by atoms with Gasteiger partial charge in [-0.15, -0.1) is 0 Å². The third-order valence-electron chi connectivity index (χ3n) is 3.77. The zero-order valence-corrected chi connectivity index (χ0v) is 13.3. The fraction of sp³-hybridized carbons (Fsp3) is 0.294. The maximum Gasteiger partial charge on any atom is 0.109 e. The van der Waals surface area contributed by atoms with Gasteiger partial charge in [-0.3, -0.25) is 0 Å². The molecule has 1 aliphatic carbocycles. The predicted molar refractivity (Wildman–Crippen MR) is 87.8 cm³/mol. The molecular weight excluding hydrogens is 347 g/mol. The van der Waals surface area contributed by atoms with Gasteiger partial charge >= 0.3 is 0 Å². The molecule has 0 saturated carbocycles. The van der Waals surface area contributed by atoms with Crippen LogP contribution in [0.5, 0.6) is 0 Å². The molecule has 98 valence electrons. The van der Waals surface area contributed by atoms with Crippen molar-refractivity contribution in [2.45, 2.75) is 30.0 Å². The lowest BCUT2D eigenvalue weighted by molar-refractivity contribution is 0.0254. The van der Waals surface area contributed by atoms with Crippen LogP contribution in [0.25, 0.3) is 11.1 Å². The van der Waals surface area contributed by atoms with Crippen molar-refractivity contribution >= 4 is 22.6 Å². The van der Waals surface area contributed by atoms with E-state index in [0.29, 0.717) is 3.92 Å². The summed E-state index contributed by atoms with van der Waals surface area (Å²) in [5, 5.41) is 0. The summed E-state index contributed by atoms with van der Waals surface area (Å²) in [5.41, 5.74) is 5.23. The molecule has 0 bridgehead atoms. The second-order valence-corrected chi connectivity index (χ2v) is 7.04. The first-order valence-corrected chi connectivity index (χ1v) is 7.91. The number of halogens is 1. The molecule has 0 radical (unpaired) electrons. The number of alkyl halides is 1. The molecule has 0 spiro atoms. The Bertz CT molecular complexity index is 546. The molecule has 1 nitrogen and oxygen atoms in total. The zero-order valence-electron chi connectivity index (χ0n) is 11.1. The van der Waals surface area contributed by atoms with Gasteiger partial charge in [-0.1, -0.05) is 78.0 Å². The van der Waals surface area contributed by atoms with Crippen LogP contribution >= 0.6 is 22.6 Å². The van der Waals surface area contributed by atoms with Crippen LogP contribution in [-0.2, 0) is 4.74 Å².